The highest BCUT2D eigenvalue weighted by Gasteiger charge is 2.11. The summed E-state index contributed by atoms with van der Waals surface area (Å²) in [6.07, 6.45) is 3.38. The zero-order valence-electron chi connectivity index (χ0n) is 11.2. The lowest BCUT2D eigenvalue weighted by atomic mass is 10.0. The smallest absolute Gasteiger partial charge is 0.303 e. The van der Waals surface area contributed by atoms with Crippen molar-refractivity contribution >= 4 is 11.9 Å². The molecule has 0 bridgehead atoms. The Bertz CT molecular complexity index is 279. The van der Waals surface area contributed by atoms with Gasteiger partial charge in [0.25, 0.3) is 0 Å². The van der Waals surface area contributed by atoms with Gasteiger partial charge in [0.15, 0.2) is 0 Å². The third-order valence-electron chi connectivity index (χ3n) is 2.75. The van der Waals surface area contributed by atoms with E-state index in [0.717, 1.165) is 6.42 Å². The maximum atomic E-state index is 11.5. The van der Waals surface area contributed by atoms with Gasteiger partial charge in [0, 0.05) is 13.0 Å². The van der Waals surface area contributed by atoms with Crippen molar-refractivity contribution in [3.63, 3.8) is 0 Å². The molecule has 0 heterocycles. The highest BCUT2D eigenvalue weighted by molar-refractivity contribution is 5.81. The molecule has 5 heteroatoms. The van der Waals surface area contributed by atoms with Gasteiger partial charge in [-0.2, -0.15) is 0 Å². The van der Waals surface area contributed by atoms with E-state index in [0.29, 0.717) is 25.4 Å². The zero-order chi connectivity index (χ0) is 14.0. The van der Waals surface area contributed by atoms with Gasteiger partial charge in [-0.15, -0.1) is 6.58 Å². The van der Waals surface area contributed by atoms with Crippen molar-refractivity contribution in [2.75, 3.05) is 13.1 Å². The molecule has 1 amide bonds. The average Bonchev–Trinajstić information content (AvgIpc) is 2.33. The summed E-state index contributed by atoms with van der Waals surface area (Å²) in [5, 5.41) is 14.4. The Morgan fingerprint density at radius 1 is 1.33 bits per heavy atom. The molecule has 0 aliphatic carbocycles. The number of amides is 1. The molecule has 0 fully saturated rings. The molecule has 0 spiro atoms. The second-order valence-electron chi connectivity index (χ2n) is 4.54. The first kappa shape index (κ1) is 16.6. The lowest BCUT2D eigenvalue weighted by molar-refractivity contribution is -0.137. The Morgan fingerprint density at radius 2 is 2.00 bits per heavy atom. The van der Waals surface area contributed by atoms with E-state index >= 15 is 0 Å². The maximum absolute atomic E-state index is 11.5. The summed E-state index contributed by atoms with van der Waals surface area (Å²) in [4.78, 5) is 21.9. The van der Waals surface area contributed by atoms with Gasteiger partial charge in [-0.3, -0.25) is 9.59 Å². The van der Waals surface area contributed by atoms with E-state index in [9.17, 15) is 9.59 Å². The van der Waals surface area contributed by atoms with Gasteiger partial charge < -0.3 is 15.7 Å². The van der Waals surface area contributed by atoms with Gasteiger partial charge in [0.2, 0.25) is 5.91 Å². The van der Waals surface area contributed by atoms with Crippen molar-refractivity contribution in [2.45, 2.75) is 39.2 Å². The summed E-state index contributed by atoms with van der Waals surface area (Å²) in [5.74, 6) is -0.461. The molecular formula is C13H24N2O3. The summed E-state index contributed by atoms with van der Waals surface area (Å²) in [6, 6.07) is -0.239. The van der Waals surface area contributed by atoms with Crippen LogP contribution in [0.1, 0.15) is 33.1 Å². The molecule has 104 valence electrons. The number of rotatable bonds is 10. The second kappa shape index (κ2) is 9.65. The predicted octanol–water partition coefficient (Wildman–Crippen LogP) is 1.16. The van der Waals surface area contributed by atoms with Gasteiger partial charge in [-0.05, 0) is 32.2 Å². The van der Waals surface area contributed by atoms with Crippen molar-refractivity contribution in [1.82, 2.24) is 10.6 Å². The molecule has 0 saturated carbocycles. The molecule has 2 atom stereocenters. The molecule has 0 aromatic rings. The molecule has 5 nitrogen and oxygen atoms in total. The van der Waals surface area contributed by atoms with E-state index in [4.69, 9.17) is 5.11 Å². The zero-order valence-corrected chi connectivity index (χ0v) is 11.2. The van der Waals surface area contributed by atoms with Crippen LogP contribution in [0, 0.1) is 5.92 Å². The van der Waals surface area contributed by atoms with E-state index in [-0.39, 0.29) is 18.4 Å². The number of hydrogen-bond donors (Lipinski definition) is 3. The standard InChI is InChI=1S/C13H24N2O3/c1-4-8-15-13(18)11(3)14-9-7-10(2)5-6-12(16)17/h4,10-11,14H,1,5-9H2,2-3H3,(H,15,18)(H,16,17). The van der Waals surface area contributed by atoms with Crippen molar-refractivity contribution in [3.05, 3.63) is 12.7 Å². The minimum atomic E-state index is -0.757. The number of nitrogens with one attached hydrogen (secondary N) is 2. The van der Waals surface area contributed by atoms with Gasteiger partial charge in [0.05, 0.1) is 6.04 Å². The maximum Gasteiger partial charge on any atom is 0.303 e. The Balaban J connectivity index is 3.66. The fraction of sp³-hybridized carbons (Fsp3) is 0.692. The molecule has 0 aliphatic heterocycles. The Kier molecular flexibility index (Phi) is 8.92. The Labute approximate surface area is 109 Å². The van der Waals surface area contributed by atoms with Gasteiger partial charge in [0.1, 0.15) is 0 Å². The Hall–Kier alpha value is -1.36. The molecule has 0 radical (unpaired) electrons. The van der Waals surface area contributed by atoms with Crippen LogP contribution in [0.25, 0.3) is 0 Å². The van der Waals surface area contributed by atoms with E-state index in [1.807, 2.05) is 6.92 Å². The van der Waals surface area contributed by atoms with Gasteiger partial charge in [-0.25, -0.2) is 0 Å². The molecule has 18 heavy (non-hydrogen) atoms. The Morgan fingerprint density at radius 3 is 2.56 bits per heavy atom. The summed E-state index contributed by atoms with van der Waals surface area (Å²) < 4.78 is 0. The van der Waals surface area contributed by atoms with E-state index < -0.39 is 5.97 Å². The molecule has 0 saturated heterocycles. The second-order valence-corrected chi connectivity index (χ2v) is 4.54. The minimum absolute atomic E-state index is 0.0481. The minimum Gasteiger partial charge on any atom is -0.481 e. The number of carboxylic acid groups (broad SMARTS) is 1. The lowest BCUT2D eigenvalue weighted by Gasteiger charge is -2.15. The normalized spacial score (nSPS) is 13.7. The average molecular weight is 256 g/mol. The van der Waals surface area contributed by atoms with Gasteiger partial charge in [-0.1, -0.05) is 13.0 Å². The fourth-order valence-corrected chi connectivity index (χ4v) is 1.48. The lowest BCUT2D eigenvalue weighted by Crippen LogP contribution is -2.42. The molecule has 2 unspecified atom stereocenters. The van der Waals surface area contributed by atoms with Crippen molar-refractivity contribution in [1.29, 1.82) is 0 Å². The first-order valence-corrected chi connectivity index (χ1v) is 6.31. The van der Waals surface area contributed by atoms with Crippen LogP contribution in [0.2, 0.25) is 0 Å². The molecule has 0 aromatic carbocycles. The van der Waals surface area contributed by atoms with E-state index in [1.165, 1.54) is 0 Å². The molecular weight excluding hydrogens is 232 g/mol. The topological polar surface area (TPSA) is 78.4 Å². The van der Waals surface area contributed by atoms with Crippen molar-refractivity contribution in [3.8, 4) is 0 Å². The fourth-order valence-electron chi connectivity index (χ4n) is 1.48. The van der Waals surface area contributed by atoms with Gasteiger partial charge >= 0.3 is 5.97 Å². The van der Waals surface area contributed by atoms with Crippen LogP contribution in [0.4, 0.5) is 0 Å². The predicted molar refractivity (Wildman–Crippen MR) is 71.3 cm³/mol. The third-order valence-corrected chi connectivity index (χ3v) is 2.75. The number of hydrogen-bond acceptors (Lipinski definition) is 3. The van der Waals surface area contributed by atoms with Crippen LogP contribution in [0.3, 0.4) is 0 Å². The quantitative estimate of drug-likeness (QED) is 0.512. The summed E-state index contributed by atoms with van der Waals surface area (Å²) in [5.41, 5.74) is 0. The highest BCUT2D eigenvalue weighted by Crippen LogP contribution is 2.09. The summed E-state index contributed by atoms with van der Waals surface area (Å²) in [6.45, 7) is 8.54. The first-order valence-electron chi connectivity index (χ1n) is 6.31. The molecule has 0 rings (SSSR count). The third kappa shape index (κ3) is 8.75. The van der Waals surface area contributed by atoms with Crippen LogP contribution in [-0.2, 0) is 9.59 Å². The number of carboxylic acids is 1. The SMILES string of the molecule is C=CCNC(=O)C(C)NCCC(C)CCC(=O)O. The van der Waals surface area contributed by atoms with Crippen molar-refractivity contribution in [2.24, 2.45) is 5.92 Å². The highest BCUT2D eigenvalue weighted by atomic mass is 16.4. The van der Waals surface area contributed by atoms with E-state index in [2.05, 4.69) is 17.2 Å². The van der Waals surface area contributed by atoms with Crippen LogP contribution in [-0.4, -0.2) is 36.1 Å². The van der Waals surface area contributed by atoms with Crippen LogP contribution in [0.5, 0.6) is 0 Å². The number of aliphatic carboxylic acids is 1. The van der Waals surface area contributed by atoms with Crippen LogP contribution < -0.4 is 10.6 Å². The number of carbonyl (C=O) groups is 2. The first-order chi connectivity index (χ1) is 8.47. The monoisotopic (exact) mass is 256 g/mol. The summed E-state index contributed by atoms with van der Waals surface area (Å²) >= 11 is 0. The number of carbonyl (C=O) groups excluding carboxylic acids is 1. The molecule has 0 aromatic heterocycles. The van der Waals surface area contributed by atoms with Crippen LogP contribution >= 0.6 is 0 Å². The molecule has 0 aliphatic rings. The van der Waals surface area contributed by atoms with Crippen LogP contribution in [0.15, 0.2) is 12.7 Å². The molecule has 3 N–H and O–H groups in total. The summed E-state index contributed by atoms with van der Waals surface area (Å²) in [7, 11) is 0. The van der Waals surface area contributed by atoms with Crippen molar-refractivity contribution < 1.29 is 14.7 Å². The largest absolute Gasteiger partial charge is 0.481 e. The van der Waals surface area contributed by atoms with E-state index in [1.54, 1.807) is 13.0 Å².